The molecule has 0 heterocycles. The van der Waals surface area contributed by atoms with Gasteiger partial charge >= 0.3 is 0 Å². The first-order chi connectivity index (χ1) is 13.5. The van der Waals surface area contributed by atoms with E-state index >= 15 is 0 Å². The minimum atomic E-state index is 0.452. The van der Waals surface area contributed by atoms with E-state index in [2.05, 4.69) is 17.6 Å². The van der Waals surface area contributed by atoms with E-state index < -0.39 is 0 Å². The van der Waals surface area contributed by atoms with Crippen LogP contribution in [0.2, 0.25) is 0 Å². The lowest BCUT2D eigenvalue weighted by Gasteiger charge is -2.59. The SMILES string of the molecule is CCCC(NC(=S)Nc1ccc(OC)c(OC)c1)C12CC3CC(CC(C3)C1)C2. The zero-order valence-corrected chi connectivity index (χ0v) is 18.2. The number of hydrogen-bond acceptors (Lipinski definition) is 3. The molecule has 28 heavy (non-hydrogen) atoms. The molecule has 1 atom stereocenters. The van der Waals surface area contributed by atoms with Gasteiger partial charge in [0.15, 0.2) is 16.6 Å². The van der Waals surface area contributed by atoms with Crippen LogP contribution in [-0.2, 0) is 0 Å². The maximum atomic E-state index is 5.73. The second-order valence-corrected chi connectivity index (χ2v) is 9.70. The van der Waals surface area contributed by atoms with Crippen LogP contribution in [0, 0.1) is 23.2 Å². The maximum absolute atomic E-state index is 5.73. The monoisotopic (exact) mass is 402 g/mol. The summed E-state index contributed by atoms with van der Waals surface area (Å²) in [4.78, 5) is 0. The molecule has 5 rings (SSSR count). The van der Waals surface area contributed by atoms with Gasteiger partial charge in [0, 0.05) is 17.8 Å². The van der Waals surface area contributed by atoms with Gasteiger partial charge in [0.2, 0.25) is 0 Å². The summed E-state index contributed by atoms with van der Waals surface area (Å²) in [6.07, 6.45) is 11.0. The summed E-state index contributed by atoms with van der Waals surface area (Å²) in [5.41, 5.74) is 1.38. The van der Waals surface area contributed by atoms with E-state index in [0.29, 0.717) is 17.2 Å². The van der Waals surface area contributed by atoms with Crippen molar-refractivity contribution >= 4 is 23.0 Å². The Morgan fingerprint density at radius 2 is 1.68 bits per heavy atom. The van der Waals surface area contributed by atoms with Gasteiger partial charge in [-0.25, -0.2) is 0 Å². The van der Waals surface area contributed by atoms with Crippen molar-refractivity contribution < 1.29 is 9.47 Å². The summed E-state index contributed by atoms with van der Waals surface area (Å²) >= 11 is 5.73. The van der Waals surface area contributed by atoms with Gasteiger partial charge in [-0.15, -0.1) is 0 Å². The van der Waals surface area contributed by atoms with Crippen LogP contribution in [0.25, 0.3) is 0 Å². The van der Waals surface area contributed by atoms with Crippen LogP contribution in [0.5, 0.6) is 11.5 Å². The molecule has 4 saturated carbocycles. The number of thiocarbonyl (C=S) groups is 1. The van der Waals surface area contributed by atoms with Crippen LogP contribution in [0.1, 0.15) is 58.3 Å². The molecule has 0 aliphatic heterocycles. The molecule has 4 fully saturated rings. The number of anilines is 1. The van der Waals surface area contributed by atoms with E-state index in [9.17, 15) is 0 Å². The average molecular weight is 403 g/mol. The van der Waals surface area contributed by atoms with Crippen LogP contribution < -0.4 is 20.1 Å². The van der Waals surface area contributed by atoms with Crippen molar-refractivity contribution in [3.63, 3.8) is 0 Å². The average Bonchev–Trinajstić information content (AvgIpc) is 2.66. The third-order valence-electron chi connectivity index (χ3n) is 7.35. The third-order valence-corrected chi connectivity index (χ3v) is 7.57. The Morgan fingerprint density at radius 1 is 1.07 bits per heavy atom. The molecule has 5 heteroatoms. The summed E-state index contributed by atoms with van der Waals surface area (Å²) in [5, 5.41) is 7.83. The van der Waals surface area contributed by atoms with Crippen molar-refractivity contribution in [3.8, 4) is 11.5 Å². The summed E-state index contributed by atoms with van der Waals surface area (Å²) in [6, 6.07) is 6.30. The van der Waals surface area contributed by atoms with Crippen molar-refractivity contribution in [2.75, 3.05) is 19.5 Å². The van der Waals surface area contributed by atoms with Crippen molar-refractivity contribution in [1.29, 1.82) is 0 Å². The molecular formula is C23H34N2O2S. The van der Waals surface area contributed by atoms with Crippen LogP contribution >= 0.6 is 12.2 Å². The minimum absolute atomic E-state index is 0.452. The Kier molecular flexibility index (Phi) is 5.73. The van der Waals surface area contributed by atoms with Crippen molar-refractivity contribution in [3.05, 3.63) is 18.2 Å². The number of benzene rings is 1. The van der Waals surface area contributed by atoms with Gasteiger partial charge in [-0.3, -0.25) is 0 Å². The molecule has 0 spiro atoms. The molecule has 0 amide bonds. The van der Waals surface area contributed by atoms with E-state index in [4.69, 9.17) is 21.7 Å². The first-order valence-electron chi connectivity index (χ1n) is 10.8. The molecule has 0 radical (unpaired) electrons. The number of methoxy groups -OCH3 is 2. The van der Waals surface area contributed by atoms with Gasteiger partial charge in [-0.05, 0) is 92.5 Å². The standard InChI is InChI=1S/C23H34N2O2S/c1-4-5-21(23-12-15-8-16(13-23)10-17(9-15)14-23)25-22(28)24-18-6-7-19(26-2)20(11-18)27-3/h6-7,11,15-17,21H,4-5,8-10,12-14H2,1-3H3,(H2,24,25,28). The van der Waals surface area contributed by atoms with E-state index in [-0.39, 0.29) is 0 Å². The molecule has 4 bridgehead atoms. The van der Waals surface area contributed by atoms with Gasteiger partial charge in [0.05, 0.1) is 14.2 Å². The van der Waals surface area contributed by atoms with Crippen LogP contribution in [0.3, 0.4) is 0 Å². The first-order valence-corrected chi connectivity index (χ1v) is 11.3. The number of hydrogen-bond donors (Lipinski definition) is 2. The number of ether oxygens (including phenoxy) is 2. The third kappa shape index (κ3) is 3.83. The van der Waals surface area contributed by atoms with Gasteiger partial charge in [-0.2, -0.15) is 0 Å². The lowest BCUT2D eigenvalue weighted by molar-refractivity contribution is -0.0718. The number of rotatable bonds is 7. The summed E-state index contributed by atoms with van der Waals surface area (Å²) in [5.74, 6) is 4.31. The molecule has 1 unspecified atom stereocenters. The minimum Gasteiger partial charge on any atom is -0.493 e. The molecule has 2 N–H and O–H groups in total. The smallest absolute Gasteiger partial charge is 0.171 e. The van der Waals surface area contributed by atoms with Crippen LogP contribution in [0.15, 0.2) is 18.2 Å². The molecule has 4 aliphatic carbocycles. The van der Waals surface area contributed by atoms with Gasteiger partial charge in [-0.1, -0.05) is 13.3 Å². The van der Waals surface area contributed by atoms with Crippen molar-refractivity contribution in [2.24, 2.45) is 23.2 Å². The Hall–Kier alpha value is -1.49. The van der Waals surface area contributed by atoms with E-state index in [0.717, 1.165) is 34.3 Å². The summed E-state index contributed by atoms with van der Waals surface area (Å²) in [6.45, 7) is 2.29. The maximum Gasteiger partial charge on any atom is 0.171 e. The topological polar surface area (TPSA) is 42.5 Å². The molecule has 154 valence electrons. The molecule has 4 nitrogen and oxygen atoms in total. The lowest BCUT2D eigenvalue weighted by atomic mass is 9.47. The molecule has 4 aliphatic rings. The fourth-order valence-electron chi connectivity index (χ4n) is 6.66. The van der Waals surface area contributed by atoms with Crippen molar-refractivity contribution in [1.82, 2.24) is 5.32 Å². The fourth-order valence-corrected chi connectivity index (χ4v) is 6.92. The molecule has 0 saturated heterocycles. The Morgan fingerprint density at radius 3 is 2.21 bits per heavy atom. The molecule has 0 aromatic heterocycles. The van der Waals surface area contributed by atoms with E-state index in [1.54, 1.807) is 14.2 Å². The highest BCUT2D eigenvalue weighted by atomic mass is 32.1. The highest BCUT2D eigenvalue weighted by Gasteiger charge is 2.54. The zero-order chi connectivity index (χ0) is 19.7. The Balaban J connectivity index is 1.46. The Labute approximate surface area is 174 Å². The lowest BCUT2D eigenvalue weighted by Crippen LogP contribution is -2.57. The largest absolute Gasteiger partial charge is 0.493 e. The molecular weight excluding hydrogens is 368 g/mol. The first kappa shape index (κ1) is 19.8. The predicted octanol–water partition coefficient (Wildman–Crippen LogP) is 5.38. The molecule has 1 aromatic rings. The zero-order valence-electron chi connectivity index (χ0n) is 17.4. The second-order valence-electron chi connectivity index (χ2n) is 9.29. The quantitative estimate of drug-likeness (QED) is 0.600. The van der Waals surface area contributed by atoms with Crippen LogP contribution in [-0.4, -0.2) is 25.4 Å². The molecule has 1 aromatic carbocycles. The van der Waals surface area contributed by atoms with E-state index in [1.165, 1.54) is 51.4 Å². The normalized spacial score (nSPS) is 31.3. The van der Waals surface area contributed by atoms with E-state index in [1.807, 2.05) is 18.2 Å². The highest BCUT2D eigenvalue weighted by Crippen LogP contribution is 2.61. The highest BCUT2D eigenvalue weighted by molar-refractivity contribution is 7.80. The second kappa shape index (κ2) is 8.10. The summed E-state index contributed by atoms with van der Waals surface area (Å²) < 4.78 is 10.7. The number of nitrogens with one attached hydrogen (secondary N) is 2. The van der Waals surface area contributed by atoms with Crippen LogP contribution in [0.4, 0.5) is 5.69 Å². The van der Waals surface area contributed by atoms with Gasteiger partial charge < -0.3 is 20.1 Å². The summed E-state index contributed by atoms with van der Waals surface area (Å²) in [7, 11) is 3.31. The van der Waals surface area contributed by atoms with Gasteiger partial charge in [0.25, 0.3) is 0 Å². The predicted molar refractivity (Wildman–Crippen MR) is 118 cm³/mol. The fraction of sp³-hybridized carbons (Fsp3) is 0.696. The van der Waals surface area contributed by atoms with Crippen molar-refractivity contribution in [2.45, 2.75) is 64.3 Å². The van der Waals surface area contributed by atoms with Gasteiger partial charge in [0.1, 0.15) is 0 Å². The Bertz CT molecular complexity index is 685.